The monoisotopic (exact) mass is 533 g/mol. The standard InChI is InChI=1S/C27H20ClN3O5S/c1-15(19-4-2-3-5-21(19)28)35-27(34)31-22-13-30-36-25(22)17-8-6-16(7-9-17)20-11-10-18(12-23(32)33)26-24(20)29-14-37-26/h2-11,13-15H,12H2,1H3,(H,31,34)(H,32,33). The Morgan fingerprint density at radius 3 is 2.62 bits per heavy atom. The number of fused-ring (bicyclic) bond motifs is 1. The molecule has 3 aromatic carbocycles. The molecule has 37 heavy (non-hydrogen) atoms. The van der Waals surface area contributed by atoms with Gasteiger partial charge in [0.1, 0.15) is 11.8 Å². The number of rotatable bonds is 7. The summed E-state index contributed by atoms with van der Waals surface area (Å²) >= 11 is 7.62. The van der Waals surface area contributed by atoms with Gasteiger partial charge in [0.2, 0.25) is 0 Å². The van der Waals surface area contributed by atoms with E-state index >= 15 is 0 Å². The lowest BCUT2D eigenvalue weighted by Crippen LogP contribution is -2.16. The second-order valence-corrected chi connectivity index (χ2v) is 9.47. The van der Waals surface area contributed by atoms with Gasteiger partial charge in [-0.1, -0.05) is 71.4 Å². The minimum Gasteiger partial charge on any atom is -0.481 e. The molecule has 8 nitrogen and oxygen atoms in total. The Balaban J connectivity index is 1.34. The number of halogens is 1. The molecule has 0 aliphatic rings. The molecule has 1 unspecified atom stereocenters. The second-order valence-electron chi connectivity index (χ2n) is 8.21. The number of thiazole rings is 1. The number of carbonyl (C=O) groups excluding carboxylic acids is 1. The molecule has 2 aromatic heterocycles. The molecular weight excluding hydrogens is 514 g/mol. The van der Waals surface area contributed by atoms with Crippen LogP contribution in [0, 0.1) is 0 Å². The highest BCUT2D eigenvalue weighted by atomic mass is 35.5. The van der Waals surface area contributed by atoms with Gasteiger partial charge in [-0.3, -0.25) is 10.1 Å². The zero-order valence-electron chi connectivity index (χ0n) is 19.5. The fourth-order valence-electron chi connectivity index (χ4n) is 4.05. The van der Waals surface area contributed by atoms with Crippen LogP contribution in [-0.4, -0.2) is 27.3 Å². The SMILES string of the molecule is CC(OC(=O)Nc1cnoc1-c1ccc(-c2ccc(CC(=O)O)c3scnc23)cc1)c1ccccc1Cl. The lowest BCUT2D eigenvalue weighted by molar-refractivity contribution is -0.136. The Bertz CT molecular complexity index is 1600. The first kappa shape index (κ1) is 24.5. The van der Waals surface area contributed by atoms with Crippen LogP contribution in [0.5, 0.6) is 0 Å². The van der Waals surface area contributed by atoms with Gasteiger partial charge in [-0.25, -0.2) is 9.78 Å². The van der Waals surface area contributed by atoms with Crippen molar-refractivity contribution in [3.63, 3.8) is 0 Å². The molecule has 1 atom stereocenters. The van der Waals surface area contributed by atoms with Gasteiger partial charge in [-0.15, -0.1) is 11.3 Å². The summed E-state index contributed by atoms with van der Waals surface area (Å²) in [4.78, 5) is 28.2. The van der Waals surface area contributed by atoms with Gasteiger partial charge in [0, 0.05) is 21.7 Å². The van der Waals surface area contributed by atoms with E-state index in [9.17, 15) is 14.7 Å². The van der Waals surface area contributed by atoms with Crippen LogP contribution in [0.3, 0.4) is 0 Å². The van der Waals surface area contributed by atoms with Crippen molar-refractivity contribution in [3.05, 3.63) is 88.5 Å². The van der Waals surface area contributed by atoms with Crippen LogP contribution in [0.4, 0.5) is 10.5 Å². The third-order valence-corrected chi connectivity index (χ3v) is 7.05. The van der Waals surface area contributed by atoms with Crippen molar-refractivity contribution in [2.24, 2.45) is 0 Å². The summed E-state index contributed by atoms with van der Waals surface area (Å²) in [5, 5.41) is 16.2. The van der Waals surface area contributed by atoms with Crippen molar-refractivity contribution in [1.82, 2.24) is 10.1 Å². The van der Waals surface area contributed by atoms with Crippen LogP contribution >= 0.6 is 22.9 Å². The van der Waals surface area contributed by atoms with E-state index in [1.807, 2.05) is 42.5 Å². The smallest absolute Gasteiger partial charge is 0.412 e. The first-order valence-electron chi connectivity index (χ1n) is 11.2. The number of benzene rings is 3. The highest BCUT2D eigenvalue weighted by Gasteiger charge is 2.19. The highest BCUT2D eigenvalue weighted by Crippen LogP contribution is 2.35. The van der Waals surface area contributed by atoms with Gasteiger partial charge in [-0.2, -0.15) is 0 Å². The van der Waals surface area contributed by atoms with Crippen LogP contribution in [0.2, 0.25) is 5.02 Å². The number of hydrogen-bond donors (Lipinski definition) is 2. The quantitative estimate of drug-likeness (QED) is 0.227. The summed E-state index contributed by atoms with van der Waals surface area (Å²) in [5.74, 6) is -0.505. The lowest BCUT2D eigenvalue weighted by Gasteiger charge is -2.15. The Hall–Kier alpha value is -4.21. The van der Waals surface area contributed by atoms with Gasteiger partial charge in [-0.05, 0) is 24.1 Å². The third kappa shape index (κ3) is 5.18. The average molecular weight is 534 g/mol. The van der Waals surface area contributed by atoms with E-state index in [-0.39, 0.29) is 6.42 Å². The number of amides is 1. The first-order chi connectivity index (χ1) is 17.9. The molecule has 2 heterocycles. The van der Waals surface area contributed by atoms with Crippen LogP contribution in [0.15, 0.2) is 76.9 Å². The van der Waals surface area contributed by atoms with Crippen LogP contribution in [0.25, 0.3) is 32.7 Å². The predicted molar refractivity (Wildman–Crippen MR) is 142 cm³/mol. The number of aromatic nitrogens is 2. The average Bonchev–Trinajstić information content (AvgIpc) is 3.55. The minimum absolute atomic E-state index is 0.0568. The number of carboxylic acid groups (broad SMARTS) is 1. The van der Waals surface area contributed by atoms with E-state index in [0.717, 1.165) is 26.9 Å². The fraction of sp³-hybridized carbons (Fsp3) is 0.111. The Morgan fingerprint density at radius 2 is 1.86 bits per heavy atom. The molecule has 0 aliphatic carbocycles. The number of anilines is 1. The second kappa shape index (κ2) is 10.4. The molecule has 0 saturated carbocycles. The van der Waals surface area contributed by atoms with E-state index in [1.165, 1.54) is 17.5 Å². The summed E-state index contributed by atoms with van der Waals surface area (Å²) in [6.07, 6.45) is 0.130. The zero-order chi connectivity index (χ0) is 25.9. The number of nitrogens with one attached hydrogen (secondary N) is 1. The molecule has 0 spiro atoms. The molecular formula is C27H20ClN3O5S. The van der Waals surface area contributed by atoms with Crippen molar-refractivity contribution < 1.29 is 24.0 Å². The molecule has 10 heteroatoms. The Kier molecular flexibility index (Phi) is 6.89. The number of aliphatic carboxylic acids is 1. The summed E-state index contributed by atoms with van der Waals surface area (Å²) in [5.41, 5.74) is 6.77. The van der Waals surface area contributed by atoms with Crippen molar-refractivity contribution in [3.8, 4) is 22.5 Å². The lowest BCUT2D eigenvalue weighted by atomic mass is 9.99. The zero-order valence-corrected chi connectivity index (χ0v) is 21.0. The van der Waals surface area contributed by atoms with Gasteiger partial charge < -0.3 is 14.4 Å². The number of hydrogen-bond acceptors (Lipinski definition) is 7. The molecule has 2 N–H and O–H groups in total. The molecule has 0 bridgehead atoms. The maximum atomic E-state index is 12.5. The van der Waals surface area contributed by atoms with E-state index in [0.29, 0.717) is 27.6 Å². The minimum atomic E-state index is -0.884. The Morgan fingerprint density at radius 1 is 1.11 bits per heavy atom. The number of carbonyl (C=O) groups is 2. The largest absolute Gasteiger partial charge is 0.481 e. The van der Waals surface area contributed by atoms with Crippen LogP contribution in [-0.2, 0) is 16.0 Å². The summed E-state index contributed by atoms with van der Waals surface area (Å²) in [6.45, 7) is 1.74. The number of carboxylic acids is 1. The maximum absolute atomic E-state index is 12.5. The first-order valence-corrected chi connectivity index (χ1v) is 12.5. The maximum Gasteiger partial charge on any atom is 0.412 e. The molecule has 0 saturated heterocycles. The fourth-order valence-corrected chi connectivity index (χ4v) is 5.16. The number of nitrogens with zero attached hydrogens (tertiary/aromatic N) is 2. The van der Waals surface area contributed by atoms with Crippen molar-refractivity contribution in [1.29, 1.82) is 0 Å². The van der Waals surface area contributed by atoms with Gasteiger partial charge in [0.15, 0.2) is 5.76 Å². The van der Waals surface area contributed by atoms with E-state index < -0.39 is 18.2 Å². The summed E-state index contributed by atoms with van der Waals surface area (Å²) < 4.78 is 11.7. The molecule has 5 aromatic rings. The van der Waals surface area contributed by atoms with Crippen molar-refractivity contribution in [2.45, 2.75) is 19.4 Å². The predicted octanol–water partition coefficient (Wildman–Crippen LogP) is 7.21. The molecule has 0 radical (unpaired) electrons. The van der Waals surface area contributed by atoms with E-state index in [4.69, 9.17) is 20.9 Å². The third-order valence-electron chi connectivity index (χ3n) is 5.80. The van der Waals surface area contributed by atoms with Crippen LogP contribution in [0.1, 0.15) is 24.2 Å². The topological polar surface area (TPSA) is 115 Å². The highest BCUT2D eigenvalue weighted by molar-refractivity contribution is 7.17. The van der Waals surface area contributed by atoms with Gasteiger partial charge in [0.05, 0.1) is 28.3 Å². The Labute approximate surface area is 220 Å². The normalized spacial score (nSPS) is 11.8. The summed E-state index contributed by atoms with van der Waals surface area (Å²) in [6, 6.07) is 18.4. The van der Waals surface area contributed by atoms with Crippen molar-refractivity contribution in [2.75, 3.05) is 5.32 Å². The molecule has 1 amide bonds. The van der Waals surface area contributed by atoms with Gasteiger partial charge in [0.25, 0.3) is 0 Å². The molecule has 186 valence electrons. The molecule has 5 rings (SSSR count). The molecule has 0 fully saturated rings. The summed E-state index contributed by atoms with van der Waals surface area (Å²) in [7, 11) is 0. The van der Waals surface area contributed by atoms with E-state index in [2.05, 4.69) is 15.5 Å². The van der Waals surface area contributed by atoms with Crippen molar-refractivity contribution >= 4 is 50.9 Å². The van der Waals surface area contributed by atoms with E-state index in [1.54, 1.807) is 30.6 Å². The van der Waals surface area contributed by atoms with Crippen LogP contribution < -0.4 is 5.32 Å². The van der Waals surface area contributed by atoms with Gasteiger partial charge >= 0.3 is 12.1 Å². The molecule has 0 aliphatic heterocycles. The number of ether oxygens (including phenoxy) is 1.